The van der Waals surface area contributed by atoms with Gasteiger partial charge in [-0.3, -0.25) is 0 Å². The first-order valence-electron chi connectivity index (χ1n) is 5.87. The number of anilines is 1. The fraction of sp³-hybridized carbons (Fsp3) is 0.357. The zero-order chi connectivity index (χ0) is 12.5. The molecule has 2 N–H and O–H groups in total. The Morgan fingerprint density at radius 3 is 2.71 bits per heavy atom. The van der Waals surface area contributed by atoms with Gasteiger partial charge in [0.15, 0.2) is 0 Å². The standard InChI is InChI=1S/C14H19N3/c1-3-10-16-12-13-5-7-14(8-6-13)17(2)11-4-9-15/h3,5-8,16H,1,4,10-12H2,2H3/p+1. The average molecular weight is 230 g/mol. The van der Waals surface area contributed by atoms with Gasteiger partial charge in [-0.1, -0.05) is 18.7 Å². The third-order valence-electron chi connectivity index (χ3n) is 2.65. The molecule has 90 valence electrons. The van der Waals surface area contributed by atoms with E-state index >= 15 is 0 Å². The van der Waals surface area contributed by atoms with Gasteiger partial charge >= 0.3 is 0 Å². The van der Waals surface area contributed by atoms with Crippen molar-refractivity contribution in [2.75, 3.05) is 25.0 Å². The highest BCUT2D eigenvalue weighted by molar-refractivity contribution is 5.46. The highest BCUT2D eigenvalue weighted by Crippen LogP contribution is 2.13. The predicted molar refractivity (Wildman–Crippen MR) is 70.6 cm³/mol. The SMILES string of the molecule is C=CC[NH2+]Cc1ccc(N(C)CCC#N)cc1. The van der Waals surface area contributed by atoms with Crippen LogP contribution in [0.3, 0.4) is 0 Å². The van der Waals surface area contributed by atoms with Crippen molar-refractivity contribution in [1.82, 2.24) is 0 Å². The van der Waals surface area contributed by atoms with Gasteiger partial charge in [-0.05, 0) is 18.2 Å². The summed E-state index contributed by atoms with van der Waals surface area (Å²) in [4.78, 5) is 2.10. The number of nitrogens with zero attached hydrogens (tertiary/aromatic N) is 2. The van der Waals surface area contributed by atoms with Gasteiger partial charge in [0.25, 0.3) is 0 Å². The lowest BCUT2D eigenvalue weighted by atomic mass is 10.2. The van der Waals surface area contributed by atoms with Crippen molar-refractivity contribution in [3.63, 3.8) is 0 Å². The van der Waals surface area contributed by atoms with Gasteiger partial charge in [0.05, 0.1) is 19.0 Å². The van der Waals surface area contributed by atoms with Crippen molar-refractivity contribution in [2.45, 2.75) is 13.0 Å². The van der Waals surface area contributed by atoms with E-state index in [9.17, 15) is 0 Å². The van der Waals surface area contributed by atoms with Gasteiger partial charge in [0.1, 0.15) is 6.54 Å². The first-order valence-corrected chi connectivity index (χ1v) is 5.87. The van der Waals surface area contributed by atoms with Crippen LogP contribution in [0.4, 0.5) is 5.69 Å². The molecule has 3 heteroatoms. The summed E-state index contributed by atoms with van der Waals surface area (Å²) >= 11 is 0. The minimum atomic E-state index is 0.561. The van der Waals surface area contributed by atoms with Crippen LogP contribution in [0.2, 0.25) is 0 Å². The molecule has 1 aromatic rings. The summed E-state index contributed by atoms with van der Waals surface area (Å²) in [6, 6.07) is 10.6. The maximum absolute atomic E-state index is 8.54. The summed E-state index contributed by atoms with van der Waals surface area (Å²) in [6.07, 6.45) is 2.47. The molecule has 0 aliphatic heterocycles. The Labute approximate surface area is 103 Å². The van der Waals surface area contributed by atoms with Crippen LogP contribution in [0.1, 0.15) is 12.0 Å². The summed E-state index contributed by atoms with van der Waals surface area (Å²) < 4.78 is 0. The Morgan fingerprint density at radius 1 is 1.41 bits per heavy atom. The van der Waals surface area contributed by atoms with E-state index in [1.54, 1.807) is 0 Å². The highest BCUT2D eigenvalue weighted by Gasteiger charge is 2.00. The average Bonchev–Trinajstić information content (AvgIpc) is 2.37. The summed E-state index contributed by atoms with van der Waals surface area (Å²) in [7, 11) is 2.01. The molecule has 0 aromatic heterocycles. The lowest BCUT2D eigenvalue weighted by Crippen LogP contribution is -2.82. The van der Waals surface area contributed by atoms with Gasteiger partial charge < -0.3 is 10.2 Å². The first kappa shape index (κ1) is 13.3. The minimum Gasteiger partial charge on any atom is -0.374 e. The smallest absolute Gasteiger partial charge is 0.101 e. The Hall–Kier alpha value is -1.79. The lowest BCUT2D eigenvalue weighted by molar-refractivity contribution is -0.662. The normalized spacial score (nSPS) is 9.65. The molecule has 0 atom stereocenters. The molecule has 0 radical (unpaired) electrons. The highest BCUT2D eigenvalue weighted by atomic mass is 15.1. The van der Waals surface area contributed by atoms with Crippen molar-refractivity contribution in [1.29, 1.82) is 5.26 Å². The zero-order valence-corrected chi connectivity index (χ0v) is 10.4. The molecule has 0 saturated carbocycles. The molecule has 0 bridgehead atoms. The second kappa shape index (κ2) is 7.48. The van der Waals surface area contributed by atoms with Gasteiger partial charge in [-0.25, -0.2) is 0 Å². The Kier molecular flexibility index (Phi) is 5.84. The van der Waals surface area contributed by atoms with E-state index in [4.69, 9.17) is 5.26 Å². The van der Waals surface area contributed by atoms with Crippen LogP contribution in [-0.2, 0) is 6.54 Å². The van der Waals surface area contributed by atoms with Crippen molar-refractivity contribution >= 4 is 5.69 Å². The second-order valence-corrected chi connectivity index (χ2v) is 4.01. The molecular weight excluding hydrogens is 210 g/mol. The molecule has 0 aliphatic rings. The molecule has 0 aliphatic carbocycles. The van der Waals surface area contributed by atoms with E-state index in [0.717, 1.165) is 25.3 Å². The van der Waals surface area contributed by atoms with Crippen molar-refractivity contribution in [2.24, 2.45) is 0 Å². The molecule has 3 nitrogen and oxygen atoms in total. The molecule has 1 aromatic carbocycles. The number of nitrogens with two attached hydrogens (primary N) is 1. The minimum absolute atomic E-state index is 0.561. The van der Waals surface area contributed by atoms with E-state index in [2.05, 4.69) is 47.1 Å². The first-order chi connectivity index (χ1) is 8.27. The third-order valence-corrected chi connectivity index (χ3v) is 2.65. The Morgan fingerprint density at radius 2 is 2.12 bits per heavy atom. The van der Waals surface area contributed by atoms with Crippen molar-refractivity contribution in [3.05, 3.63) is 42.5 Å². The lowest BCUT2D eigenvalue weighted by Gasteiger charge is -2.17. The number of benzene rings is 1. The van der Waals surface area contributed by atoms with Gasteiger partial charge in [-0.15, -0.1) is 0 Å². The van der Waals surface area contributed by atoms with Crippen LogP contribution >= 0.6 is 0 Å². The Bertz CT molecular complexity index is 375. The zero-order valence-electron chi connectivity index (χ0n) is 10.4. The number of hydrogen-bond acceptors (Lipinski definition) is 2. The summed E-state index contributed by atoms with van der Waals surface area (Å²) in [5, 5.41) is 10.7. The van der Waals surface area contributed by atoms with Gasteiger partial charge in [0, 0.05) is 24.8 Å². The topological polar surface area (TPSA) is 43.6 Å². The number of quaternary nitrogens is 1. The van der Waals surface area contributed by atoms with Gasteiger partial charge in [-0.2, -0.15) is 5.26 Å². The van der Waals surface area contributed by atoms with E-state index < -0.39 is 0 Å². The molecule has 17 heavy (non-hydrogen) atoms. The van der Waals surface area contributed by atoms with E-state index in [1.165, 1.54) is 5.56 Å². The van der Waals surface area contributed by atoms with Crippen LogP contribution in [0.5, 0.6) is 0 Å². The summed E-state index contributed by atoms with van der Waals surface area (Å²) in [5.74, 6) is 0. The number of nitriles is 1. The van der Waals surface area contributed by atoms with E-state index in [0.29, 0.717) is 6.42 Å². The number of rotatable bonds is 7. The third kappa shape index (κ3) is 4.71. The van der Waals surface area contributed by atoms with Crippen LogP contribution in [0.25, 0.3) is 0 Å². The second-order valence-electron chi connectivity index (χ2n) is 4.01. The summed E-state index contributed by atoms with van der Waals surface area (Å²) in [5.41, 5.74) is 2.47. The van der Waals surface area contributed by atoms with E-state index in [-0.39, 0.29) is 0 Å². The molecule has 0 saturated heterocycles. The van der Waals surface area contributed by atoms with E-state index in [1.807, 2.05) is 13.1 Å². The molecule has 0 fully saturated rings. The van der Waals surface area contributed by atoms with Crippen LogP contribution in [0.15, 0.2) is 36.9 Å². The van der Waals surface area contributed by atoms with Crippen LogP contribution in [0, 0.1) is 11.3 Å². The van der Waals surface area contributed by atoms with Crippen molar-refractivity contribution in [3.8, 4) is 6.07 Å². The predicted octanol–water partition coefficient (Wildman–Crippen LogP) is 1.29. The van der Waals surface area contributed by atoms with Crippen LogP contribution < -0.4 is 10.2 Å². The monoisotopic (exact) mass is 230 g/mol. The molecule has 0 amide bonds. The fourth-order valence-corrected chi connectivity index (χ4v) is 1.60. The molecular formula is C14H20N3+. The molecule has 0 spiro atoms. The molecule has 0 heterocycles. The summed E-state index contributed by atoms with van der Waals surface area (Å²) in [6.45, 7) is 6.40. The van der Waals surface area contributed by atoms with Gasteiger partial charge in [0.2, 0.25) is 0 Å². The Balaban J connectivity index is 2.49. The maximum Gasteiger partial charge on any atom is 0.101 e. The molecule has 1 rings (SSSR count). The molecule has 0 unspecified atom stereocenters. The largest absolute Gasteiger partial charge is 0.374 e. The maximum atomic E-state index is 8.54. The fourth-order valence-electron chi connectivity index (χ4n) is 1.60. The van der Waals surface area contributed by atoms with Crippen molar-refractivity contribution < 1.29 is 5.32 Å². The van der Waals surface area contributed by atoms with Crippen LogP contribution in [-0.4, -0.2) is 20.1 Å². The quantitative estimate of drug-likeness (QED) is 0.566. The number of hydrogen-bond donors (Lipinski definition) is 1.